The fraction of sp³-hybridized carbons (Fsp3) is 0.500. The number of amides is 2. The van der Waals surface area contributed by atoms with Gasteiger partial charge < -0.3 is 15.0 Å². The molecule has 2 amide bonds. The molecule has 1 aromatic carbocycles. The maximum Gasteiger partial charge on any atom is 0.247 e. The molecular weight excluding hydrogens is 268 g/mol. The fourth-order valence-corrected chi connectivity index (χ4v) is 3.15. The first-order valence-electron chi connectivity index (χ1n) is 7.34. The average molecular weight is 288 g/mol. The van der Waals surface area contributed by atoms with Crippen LogP contribution in [0.1, 0.15) is 23.5 Å². The standard InChI is InChI=1S/C16H20N2O3/c1-21-10-14-16(20)18(7-6-15(19)17-14)9-12-8-11-4-2-3-5-13(11)12/h2-5,12,14H,6-10H2,1H3,(H,17,19). The van der Waals surface area contributed by atoms with Crippen molar-refractivity contribution in [3.63, 3.8) is 0 Å². The third-order valence-electron chi connectivity index (χ3n) is 4.29. The van der Waals surface area contributed by atoms with Gasteiger partial charge in [0.15, 0.2) is 0 Å². The number of benzene rings is 1. The van der Waals surface area contributed by atoms with E-state index in [4.69, 9.17) is 4.74 Å². The Hall–Kier alpha value is -1.88. The van der Waals surface area contributed by atoms with E-state index < -0.39 is 6.04 Å². The minimum absolute atomic E-state index is 0.0351. The summed E-state index contributed by atoms with van der Waals surface area (Å²) in [5.74, 6) is 0.274. The van der Waals surface area contributed by atoms with Gasteiger partial charge in [-0.2, -0.15) is 0 Å². The van der Waals surface area contributed by atoms with Crippen molar-refractivity contribution in [2.45, 2.75) is 24.8 Å². The van der Waals surface area contributed by atoms with E-state index in [1.54, 1.807) is 0 Å². The normalized spacial score (nSPS) is 24.9. The van der Waals surface area contributed by atoms with Crippen LogP contribution < -0.4 is 5.32 Å². The highest BCUT2D eigenvalue weighted by Gasteiger charge is 2.34. The quantitative estimate of drug-likeness (QED) is 0.887. The molecule has 21 heavy (non-hydrogen) atoms. The third-order valence-corrected chi connectivity index (χ3v) is 4.29. The Morgan fingerprint density at radius 3 is 2.90 bits per heavy atom. The highest BCUT2D eigenvalue weighted by atomic mass is 16.5. The number of rotatable bonds is 4. The lowest BCUT2D eigenvalue weighted by molar-refractivity contribution is -0.135. The minimum Gasteiger partial charge on any atom is -0.382 e. The molecule has 0 radical (unpaired) electrons. The lowest BCUT2D eigenvalue weighted by Crippen LogP contribution is -2.48. The summed E-state index contributed by atoms with van der Waals surface area (Å²) in [5, 5.41) is 2.73. The molecular formula is C16H20N2O3. The molecule has 0 aromatic heterocycles. The lowest BCUT2D eigenvalue weighted by atomic mass is 9.77. The summed E-state index contributed by atoms with van der Waals surface area (Å²) in [6.45, 7) is 1.40. The fourth-order valence-electron chi connectivity index (χ4n) is 3.15. The van der Waals surface area contributed by atoms with Crippen LogP contribution in [0.25, 0.3) is 0 Å². The zero-order valence-electron chi connectivity index (χ0n) is 12.2. The number of carbonyl (C=O) groups excluding carboxylic acids is 2. The van der Waals surface area contributed by atoms with Crippen molar-refractivity contribution in [2.24, 2.45) is 0 Å². The first-order valence-corrected chi connectivity index (χ1v) is 7.34. The van der Waals surface area contributed by atoms with E-state index in [9.17, 15) is 9.59 Å². The molecule has 1 fully saturated rings. The molecule has 1 saturated heterocycles. The summed E-state index contributed by atoms with van der Waals surface area (Å²) in [7, 11) is 1.54. The van der Waals surface area contributed by atoms with Gasteiger partial charge in [-0.1, -0.05) is 24.3 Å². The van der Waals surface area contributed by atoms with Crippen LogP contribution in [0.3, 0.4) is 0 Å². The molecule has 1 aliphatic heterocycles. The second kappa shape index (κ2) is 5.85. The molecule has 0 saturated carbocycles. The van der Waals surface area contributed by atoms with Crippen LogP contribution >= 0.6 is 0 Å². The van der Waals surface area contributed by atoms with Gasteiger partial charge in [-0.3, -0.25) is 9.59 Å². The van der Waals surface area contributed by atoms with Crippen LogP contribution in [0.15, 0.2) is 24.3 Å². The van der Waals surface area contributed by atoms with Crippen molar-refractivity contribution in [1.29, 1.82) is 0 Å². The van der Waals surface area contributed by atoms with Gasteiger partial charge in [0.2, 0.25) is 11.8 Å². The molecule has 5 nitrogen and oxygen atoms in total. The summed E-state index contributed by atoms with van der Waals surface area (Å²) in [5.41, 5.74) is 2.70. The van der Waals surface area contributed by atoms with Gasteiger partial charge in [0.1, 0.15) is 6.04 Å². The van der Waals surface area contributed by atoms with E-state index in [2.05, 4.69) is 17.4 Å². The summed E-state index contributed by atoms with van der Waals surface area (Å²) >= 11 is 0. The van der Waals surface area contributed by atoms with Crippen molar-refractivity contribution >= 4 is 11.8 Å². The molecule has 2 atom stereocenters. The first kappa shape index (κ1) is 14.1. The Morgan fingerprint density at radius 2 is 2.14 bits per heavy atom. The molecule has 0 bridgehead atoms. The van der Waals surface area contributed by atoms with Crippen LogP contribution in [0.5, 0.6) is 0 Å². The van der Waals surface area contributed by atoms with Gasteiger partial charge in [-0.05, 0) is 17.5 Å². The maximum absolute atomic E-state index is 12.5. The van der Waals surface area contributed by atoms with Gasteiger partial charge in [-0.15, -0.1) is 0 Å². The summed E-state index contributed by atoms with van der Waals surface area (Å²) in [4.78, 5) is 26.0. The molecule has 5 heteroatoms. The number of carbonyl (C=O) groups is 2. The Morgan fingerprint density at radius 1 is 1.33 bits per heavy atom. The van der Waals surface area contributed by atoms with E-state index in [1.807, 2.05) is 17.0 Å². The summed E-state index contributed by atoms with van der Waals surface area (Å²) < 4.78 is 5.04. The smallest absolute Gasteiger partial charge is 0.247 e. The Balaban J connectivity index is 1.70. The Labute approximate surface area is 124 Å². The number of ether oxygens (including phenoxy) is 1. The van der Waals surface area contributed by atoms with Gasteiger partial charge in [0, 0.05) is 32.5 Å². The molecule has 1 aliphatic carbocycles. The van der Waals surface area contributed by atoms with E-state index in [0.717, 1.165) is 6.42 Å². The Bertz CT molecular complexity index is 558. The van der Waals surface area contributed by atoms with E-state index >= 15 is 0 Å². The van der Waals surface area contributed by atoms with E-state index in [1.165, 1.54) is 18.2 Å². The zero-order chi connectivity index (χ0) is 14.8. The molecule has 1 aromatic rings. The van der Waals surface area contributed by atoms with E-state index in [0.29, 0.717) is 25.4 Å². The number of nitrogens with one attached hydrogen (secondary N) is 1. The van der Waals surface area contributed by atoms with E-state index in [-0.39, 0.29) is 18.4 Å². The number of hydrogen-bond donors (Lipinski definition) is 1. The largest absolute Gasteiger partial charge is 0.382 e. The van der Waals surface area contributed by atoms with Crippen LogP contribution in [0.4, 0.5) is 0 Å². The molecule has 112 valence electrons. The highest BCUT2D eigenvalue weighted by molar-refractivity contribution is 5.90. The molecule has 3 rings (SSSR count). The molecule has 0 spiro atoms. The Kier molecular flexibility index (Phi) is 3.92. The minimum atomic E-state index is -0.555. The highest BCUT2D eigenvalue weighted by Crippen LogP contribution is 2.35. The van der Waals surface area contributed by atoms with Crippen molar-refractivity contribution in [1.82, 2.24) is 10.2 Å². The number of hydrogen-bond acceptors (Lipinski definition) is 3. The second-order valence-corrected chi connectivity index (χ2v) is 5.71. The first-order chi connectivity index (χ1) is 10.2. The monoisotopic (exact) mass is 288 g/mol. The number of nitrogens with zero attached hydrogens (tertiary/aromatic N) is 1. The van der Waals surface area contributed by atoms with Gasteiger partial charge >= 0.3 is 0 Å². The van der Waals surface area contributed by atoms with Crippen LogP contribution in [0, 0.1) is 0 Å². The molecule has 2 unspecified atom stereocenters. The van der Waals surface area contributed by atoms with Gasteiger partial charge in [0.25, 0.3) is 0 Å². The second-order valence-electron chi connectivity index (χ2n) is 5.71. The van der Waals surface area contributed by atoms with Crippen LogP contribution in [0.2, 0.25) is 0 Å². The summed E-state index contributed by atoms with van der Waals surface area (Å²) in [6.07, 6.45) is 1.37. The molecule has 1 heterocycles. The predicted octanol–water partition coefficient (Wildman–Crippen LogP) is 0.690. The topological polar surface area (TPSA) is 58.6 Å². The predicted molar refractivity (Wildman–Crippen MR) is 77.9 cm³/mol. The number of methoxy groups -OCH3 is 1. The van der Waals surface area contributed by atoms with Crippen molar-refractivity contribution in [3.05, 3.63) is 35.4 Å². The van der Waals surface area contributed by atoms with Gasteiger partial charge in [0.05, 0.1) is 6.61 Å². The van der Waals surface area contributed by atoms with Crippen molar-refractivity contribution in [3.8, 4) is 0 Å². The van der Waals surface area contributed by atoms with Crippen molar-refractivity contribution in [2.75, 3.05) is 26.8 Å². The maximum atomic E-state index is 12.5. The van der Waals surface area contributed by atoms with Gasteiger partial charge in [-0.25, -0.2) is 0 Å². The average Bonchev–Trinajstić information content (AvgIpc) is 2.58. The summed E-state index contributed by atoms with van der Waals surface area (Å²) in [6, 6.07) is 7.79. The van der Waals surface area contributed by atoms with Crippen LogP contribution in [-0.2, 0) is 20.7 Å². The van der Waals surface area contributed by atoms with Crippen molar-refractivity contribution < 1.29 is 14.3 Å². The molecule has 2 aliphatic rings. The zero-order valence-corrected chi connectivity index (χ0v) is 12.2. The molecule has 1 N–H and O–H groups in total. The lowest BCUT2D eigenvalue weighted by Gasteiger charge is -2.35. The number of fused-ring (bicyclic) bond motifs is 1. The third kappa shape index (κ3) is 2.78. The SMILES string of the molecule is COCC1NC(=O)CCN(CC2Cc3ccccc32)C1=O. The van der Waals surface area contributed by atoms with Crippen LogP contribution in [-0.4, -0.2) is 49.6 Å².